The van der Waals surface area contributed by atoms with Crippen molar-refractivity contribution in [2.45, 2.75) is 32.4 Å². The monoisotopic (exact) mass is 462 g/mol. The molecule has 2 N–H and O–H groups in total. The summed E-state index contributed by atoms with van der Waals surface area (Å²) in [7, 11) is 0. The van der Waals surface area contributed by atoms with Crippen LogP contribution >= 0.6 is 12.2 Å². The van der Waals surface area contributed by atoms with Crippen molar-refractivity contribution < 1.29 is 4.39 Å². The van der Waals surface area contributed by atoms with E-state index in [2.05, 4.69) is 50.8 Å². The number of hydrogen-bond donors (Lipinski definition) is 2. The Balaban J connectivity index is 1.33. The summed E-state index contributed by atoms with van der Waals surface area (Å²) in [6, 6.07) is 17.1. The number of benzene rings is 2. The zero-order valence-electron chi connectivity index (χ0n) is 18.4. The number of rotatable bonds is 5. The fourth-order valence-corrected chi connectivity index (χ4v) is 4.53. The maximum absolute atomic E-state index is 13.1. The second-order valence-corrected chi connectivity index (χ2v) is 8.88. The standard InChI is InChI=1S/C25H27FN6S/c26-21-9-7-18(8-10-21)16-27-25(33)30-24-28-22(31-12-3-4-13-31)15-23(29-24)32-14-11-19-5-1-2-6-20(19)17-32/h1-2,5-10,15H,3-4,11-14,16-17H2,(H2,27,28,29,30,33). The molecule has 0 unspecified atom stereocenters. The van der Waals surface area contributed by atoms with Gasteiger partial charge in [0, 0.05) is 38.8 Å². The summed E-state index contributed by atoms with van der Waals surface area (Å²) in [6.07, 6.45) is 3.35. The summed E-state index contributed by atoms with van der Waals surface area (Å²) in [5, 5.41) is 6.75. The van der Waals surface area contributed by atoms with E-state index in [1.54, 1.807) is 12.1 Å². The van der Waals surface area contributed by atoms with Gasteiger partial charge in [-0.15, -0.1) is 0 Å². The molecule has 2 aromatic carbocycles. The molecule has 1 aromatic heterocycles. The molecule has 0 amide bonds. The highest BCUT2D eigenvalue weighted by Gasteiger charge is 2.21. The third-order valence-electron chi connectivity index (χ3n) is 6.18. The van der Waals surface area contributed by atoms with Gasteiger partial charge >= 0.3 is 0 Å². The first kappa shape index (κ1) is 21.6. The van der Waals surface area contributed by atoms with Gasteiger partial charge in [0.2, 0.25) is 5.95 Å². The lowest BCUT2D eigenvalue weighted by Gasteiger charge is -2.30. The number of hydrogen-bond acceptors (Lipinski definition) is 5. The SMILES string of the molecule is Fc1ccc(CNC(=S)Nc2nc(N3CCCC3)cc(N3CCc4ccccc4C3)n2)cc1. The average Bonchev–Trinajstić information content (AvgIpc) is 3.38. The number of anilines is 3. The normalized spacial score (nSPS) is 15.3. The lowest BCUT2D eigenvalue weighted by Crippen LogP contribution is -2.33. The van der Waals surface area contributed by atoms with Crippen LogP contribution in [0.25, 0.3) is 0 Å². The number of nitrogens with zero attached hydrogens (tertiary/aromatic N) is 4. The van der Waals surface area contributed by atoms with Crippen LogP contribution in [0, 0.1) is 5.82 Å². The predicted octanol–water partition coefficient (Wildman–Crippen LogP) is 4.27. The third kappa shape index (κ3) is 5.22. The predicted molar refractivity (Wildman–Crippen MR) is 134 cm³/mol. The molecule has 1 saturated heterocycles. The first-order valence-corrected chi connectivity index (χ1v) is 11.8. The molecule has 170 valence electrons. The minimum atomic E-state index is -0.251. The van der Waals surface area contributed by atoms with Gasteiger partial charge in [0.05, 0.1) is 0 Å². The molecule has 3 aromatic rings. The van der Waals surface area contributed by atoms with Crippen molar-refractivity contribution >= 4 is 34.9 Å². The van der Waals surface area contributed by atoms with Gasteiger partial charge in [-0.1, -0.05) is 36.4 Å². The van der Waals surface area contributed by atoms with E-state index >= 15 is 0 Å². The lowest BCUT2D eigenvalue weighted by atomic mass is 10.00. The van der Waals surface area contributed by atoms with Gasteiger partial charge < -0.3 is 20.4 Å². The molecule has 1 fully saturated rings. The summed E-state index contributed by atoms with van der Waals surface area (Å²) >= 11 is 5.49. The van der Waals surface area contributed by atoms with Gasteiger partial charge in [-0.25, -0.2) is 4.39 Å². The molecular formula is C25H27FN6S. The summed E-state index contributed by atoms with van der Waals surface area (Å²) < 4.78 is 13.1. The van der Waals surface area contributed by atoms with Gasteiger partial charge in [-0.05, 0) is 60.3 Å². The van der Waals surface area contributed by atoms with Gasteiger partial charge in [-0.2, -0.15) is 9.97 Å². The van der Waals surface area contributed by atoms with E-state index in [-0.39, 0.29) is 5.82 Å². The summed E-state index contributed by atoms with van der Waals surface area (Å²) in [5.41, 5.74) is 3.70. The van der Waals surface area contributed by atoms with Crippen LogP contribution in [0.4, 0.5) is 22.0 Å². The number of nitrogens with one attached hydrogen (secondary N) is 2. The zero-order valence-corrected chi connectivity index (χ0v) is 19.2. The molecule has 0 atom stereocenters. The Kier molecular flexibility index (Phi) is 6.35. The number of halogens is 1. The highest BCUT2D eigenvalue weighted by molar-refractivity contribution is 7.80. The third-order valence-corrected chi connectivity index (χ3v) is 6.42. The largest absolute Gasteiger partial charge is 0.358 e. The zero-order chi connectivity index (χ0) is 22.6. The minimum absolute atomic E-state index is 0.251. The van der Waals surface area contributed by atoms with Gasteiger partial charge in [0.1, 0.15) is 17.5 Å². The van der Waals surface area contributed by atoms with Crippen LogP contribution in [-0.4, -0.2) is 34.7 Å². The average molecular weight is 463 g/mol. The highest BCUT2D eigenvalue weighted by atomic mass is 32.1. The quantitative estimate of drug-likeness (QED) is 0.550. The Morgan fingerprint density at radius 3 is 2.36 bits per heavy atom. The molecule has 2 aliphatic rings. The van der Waals surface area contributed by atoms with Crippen LogP contribution in [0.2, 0.25) is 0 Å². The number of aromatic nitrogens is 2. The van der Waals surface area contributed by atoms with E-state index in [4.69, 9.17) is 22.2 Å². The van der Waals surface area contributed by atoms with Gasteiger partial charge in [0.15, 0.2) is 5.11 Å². The fraction of sp³-hybridized carbons (Fsp3) is 0.320. The molecule has 0 bridgehead atoms. The van der Waals surface area contributed by atoms with Crippen LogP contribution in [0.1, 0.15) is 29.5 Å². The summed E-state index contributed by atoms with van der Waals surface area (Å²) in [6.45, 7) is 4.26. The van der Waals surface area contributed by atoms with Gasteiger partial charge in [0.25, 0.3) is 0 Å². The molecule has 6 nitrogen and oxygen atoms in total. The molecule has 0 aliphatic carbocycles. The summed E-state index contributed by atoms with van der Waals surface area (Å²) in [5.74, 6) is 2.08. The van der Waals surface area contributed by atoms with E-state index in [1.165, 1.54) is 36.1 Å². The molecule has 0 spiro atoms. The molecule has 0 radical (unpaired) electrons. The maximum atomic E-state index is 13.1. The van der Waals surface area contributed by atoms with Crippen molar-refractivity contribution in [1.29, 1.82) is 0 Å². The second kappa shape index (κ2) is 9.70. The Morgan fingerprint density at radius 1 is 0.909 bits per heavy atom. The first-order chi connectivity index (χ1) is 16.1. The maximum Gasteiger partial charge on any atom is 0.232 e. The Labute approximate surface area is 198 Å². The molecular weight excluding hydrogens is 435 g/mol. The Morgan fingerprint density at radius 2 is 1.61 bits per heavy atom. The second-order valence-electron chi connectivity index (χ2n) is 8.48. The van der Waals surface area contributed by atoms with Crippen molar-refractivity contribution in [3.05, 3.63) is 77.1 Å². The smallest absolute Gasteiger partial charge is 0.232 e. The van der Waals surface area contributed by atoms with Crippen LogP contribution < -0.4 is 20.4 Å². The van der Waals surface area contributed by atoms with E-state index in [0.29, 0.717) is 17.6 Å². The fourth-order valence-electron chi connectivity index (χ4n) is 4.37. The number of thiocarbonyl (C=S) groups is 1. The Hall–Kier alpha value is -3.26. The molecule has 3 heterocycles. The van der Waals surface area contributed by atoms with Crippen molar-refractivity contribution in [3.8, 4) is 0 Å². The molecule has 0 saturated carbocycles. The van der Waals surface area contributed by atoms with Crippen LogP contribution in [-0.2, 0) is 19.5 Å². The topological polar surface area (TPSA) is 56.3 Å². The van der Waals surface area contributed by atoms with Gasteiger partial charge in [-0.3, -0.25) is 0 Å². The van der Waals surface area contributed by atoms with Crippen molar-refractivity contribution in [1.82, 2.24) is 15.3 Å². The van der Waals surface area contributed by atoms with E-state index in [0.717, 1.165) is 49.8 Å². The molecule has 5 rings (SSSR count). The molecule has 2 aliphatic heterocycles. The number of fused-ring (bicyclic) bond motifs is 1. The Bertz CT molecular complexity index is 1130. The van der Waals surface area contributed by atoms with Crippen molar-refractivity contribution in [2.24, 2.45) is 0 Å². The lowest BCUT2D eigenvalue weighted by molar-refractivity contribution is 0.627. The van der Waals surface area contributed by atoms with E-state index < -0.39 is 0 Å². The first-order valence-electron chi connectivity index (χ1n) is 11.4. The van der Waals surface area contributed by atoms with Crippen LogP contribution in [0.3, 0.4) is 0 Å². The highest BCUT2D eigenvalue weighted by Crippen LogP contribution is 2.28. The van der Waals surface area contributed by atoms with Crippen LogP contribution in [0.5, 0.6) is 0 Å². The summed E-state index contributed by atoms with van der Waals surface area (Å²) in [4.78, 5) is 14.2. The molecule has 8 heteroatoms. The minimum Gasteiger partial charge on any atom is -0.358 e. The van der Waals surface area contributed by atoms with E-state index in [9.17, 15) is 4.39 Å². The van der Waals surface area contributed by atoms with E-state index in [1.807, 2.05) is 0 Å². The van der Waals surface area contributed by atoms with Crippen LogP contribution in [0.15, 0.2) is 54.6 Å². The molecule has 33 heavy (non-hydrogen) atoms. The van der Waals surface area contributed by atoms with Crippen molar-refractivity contribution in [2.75, 3.05) is 34.8 Å². The van der Waals surface area contributed by atoms with Crippen molar-refractivity contribution in [3.63, 3.8) is 0 Å².